The zero-order valence-corrected chi connectivity index (χ0v) is 13.4. The topological polar surface area (TPSA) is 41.1 Å². The molecule has 3 atom stereocenters. The van der Waals surface area contributed by atoms with Crippen molar-refractivity contribution in [3.8, 4) is 0 Å². The molecule has 2 rings (SSSR count). The van der Waals surface area contributed by atoms with Crippen LogP contribution in [0.1, 0.15) is 31.7 Å². The third-order valence-corrected chi connectivity index (χ3v) is 4.13. The van der Waals surface area contributed by atoms with Crippen molar-refractivity contribution >= 4 is 29.9 Å². The monoisotopic (exact) mass is 316 g/mol. The molecule has 0 bridgehead atoms. The Morgan fingerprint density at radius 2 is 2.25 bits per heavy atom. The van der Waals surface area contributed by atoms with E-state index in [1.165, 1.54) is 0 Å². The van der Waals surface area contributed by atoms with Crippen LogP contribution in [0.5, 0.6) is 0 Å². The van der Waals surface area contributed by atoms with E-state index in [2.05, 4.69) is 17.6 Å². The first kappa shape index (κ1) is 17.3. The molecule has 1 aromatic rings. The smallest absolute Gasteiger partial charge is 0.227 e. The second kappa shape index (κ2) is 7.87. The van der Waals surface area contributed by atoms with E-state index in [1.807, 2.05) is 31.2 Å². The van der Waals surface area contributed by atoms with Gasteiger partial charge in [0.1, 0.15) is 0 Å². The lowest BCUT2D eigenvalue weighted by molar-refractivity contribution is -0.123. The molecule has 5 heteroatoms. The van der Waals surface area contributed by atoms with Gasteiger partial charge in [-0.1, -0.05) is 30.7 Å². The van der Waals surface area contributed by atoms with Crippen molar-refractivity contribution in [2.45, 2.75) is 32.2 Å². The van der Waals surface area contributed by atoms with E-state index in [1.54, 1.807) is 0 Å². The van der Waals surface area contributed by atoms with Crippen LogP contribution < -0.4 is 10.6 Å². The molecule has 112 valence electrons. The van der Waals surface area contributed by atoms with Crippen LogP contribution in [-0.2, 0) is 4.79 Å². The molecule has 2 N–H and O–H groups in total. The number of hydrogen-bond donors (Lipinski definition) is 2. The number of halogens is 2. The Morgan fingerprint density at radius 3 is 2.90 bits per heavy atom. The Hall–Kier alpha value is -0.770. The maximum atomic E-state index is 12.3. The Bertz CT molecular complexity index is 453. The standard InChI is InChI=1S/C15H21ClN2O.ClH/c1-10-6-7-17-9-14(10)18-15(19)11(2)12-4-3-5-13(16)8-12;/h3-5,8,10-11,14,17H,6-7,9H2,1-2H3,(H,18,19);1H. The van der Waals surface area contributed by atoms with Crippen LogP contribution in [0.15, 0.2) is 24.3 Å². The Labute approximate surface area is 131 Å². The normalized spacial score (nSPS) is 23.6. The van der Waals surface area contributed by atoms with E-state index in [0.29, 0.717) is 10.9 Å². The van der Waals surface area contributed by atoms with E-state index in [9.17, 15) is 4.79 Å². The quantitative estimate of drug-likeness (QED) is 0.900. The molecule has 1 amide bonds. The summed E-state index contributed by atoms with van der Waals surface area (Å²) in [6, 6.07) is 7.73. The van der Waals surface area contributed by atoms with Crippen molar-refractivity contribution < 1.29 is 4.79 Å². The molecule has 0 radical (unpaired) electrons. The minimum absolute atomic E-state index is 0. The minimum atomic E-state index is -0.173. The maximum Gasteiger partial charge on any atom is 0.227 e. The highest BCUT2D eigenvalue weighted by molar-refractivity contribution is 6.30. The Balaban J connectivity index is 0.00000200. The number of benzene rings is 1. The third-order valence-electron chi connectivity index (χ3n) is 3.90. The van der Waals surface area contributed by atoms with Gasteiger partial charge in [-0.2, -0.15) is 0 Å². The van der Waals surface area contributed by atoms with Gasteiger partial charge in [0.2, 0.25) is 5.91 Å². The lowest BCUT2D eigenvalue weighted by atomic mass is 9.93. The van der Waals surface area contributed by atoms with Gasteiger partial charge in [0.15, 0.2) is 0 Å². The zero-order valence-electron chi connectivity index (χ0n) is 11.9. The van der Waals surface area contributed by atoms with Crippen LogP contribution >= 0.6 is 24.0 Å². The summed E-state index contributed by atoms with van der Waals surface area (Å²) < 4.78 is 0. The molecule has 1 fully saturated rings. The lowest BCUT2D eigenvalue weighted by Gasteiger charge is -2.31. The fourth-order valence-electron chi connectivity index (χ4n) is 2.42. The lowest BCUT2D eigenvalue weighted by Crippen LogP contribution is -2.51. The summed E-state index contributed by atoms with van der Waals surface area (Å²) in [5.41, 5.74) is 0.960. The summed E-state index contributed by atoms with van der Waals surface area (Å²) in [6.45, 7) is 6.00. The molecule has 0 aliphatic carbocycles. The van der Waals surface area contributed by atoms with Gasteiger partial charge < -0.3 is 10.6 Å². The van der Waals surface area contributed by atoms with Crippen molar-refractivity contribution in [1.82, 2.24) is 10.6 Å². The van der Waals surface area contributed by atoms with Crippen LogP contribution in [-0.4, -0.2) is 25.0 Å². The van der Waals surface area contributed by atoms with Crippen molar-refractivity contribution in [1.29, 1.82) is 0 Å². The SMILES string of the molecule is CC(C(=O)NC1CNCCC1C)c1cccc(Cl)c1.Cl. The van der Waals surface area contributed by atoms with E-state index in [4.69, 9.17) is 11.6 Å². The van der Waals surface area contributed by atoms with Gasteiger partial charge in [0.25, 0.3) is 0 Å². The predicted molar refractivity (Wildman–Crippen MR) is 85.7 cm³/mol. The van der Waals surface area contributed by atoms with E-state index < -0.39 is 0 Å². The summed E-state index contributed by atoms with van der Waals surface area (Å²) in [6.07, 6.45) is 1.11. The van der Waals surface area contributed by atoms with Gasteiger partial charge in [-0.25, -0.2) is 0 Å². The number of rotatable bonds is 3. The predicted octanol–water partition coefficient (Wildman–Crippen LogP) is 2.98. The van der Waals surface area contributed by atoms with Gasteiger partial charge >= 0.3 is 0 Å². The van der Waals surface area contributed by atoms with Crippen LogP contribution in [0, 0.1) is 5.92 Å². The molecule has 1 aliphatic heterocycles. The first-order valence-corrected chi connectivity index (χ1v) is 7.22. The average Bonchev–Trinajstić information content (AvgIpc) is 2.40. The summed E-state index contributed by atoms with van der Waals surface area (Å²) in [7, 11) is 0. The average molecular weight is 317 g/mol. The molecule has 0 saturated carbocycles. The largest absolute Gasteiger partial charge is 0.351 e. The third kappa shape index (κ3) is 4.37. The molecule has 1 saturated heterocycles. The Kier molecular flexibility index (Phi) is 6.80. The second-order valence-electron chi connectivity index (χ2n) is 5.36. The fourth-order valence-corrected chi connectivity index (χ4v) is 2.62. The van der Waals surface area contributed by atoms with Gasteiger partial charge in [-0.15, -0.1) is 12.4 Å². The number of carbonyl (C=O) groups is 1. The molecule has 3 unspecified atom stereocenters. The molecule has 1 aromatic carbocycles. The highest BCUT2D eigenvalue weighted by Crippen LogP contribution is 2.20. The van der Waals surface area contributed by atoms with E-state index >= 15 is 0 Å². The van der Waals surface area contributed by atoms with E-state index in [0.717, 1.165) is 25.1 Å². The summed E-state index contributed by atoms with van der Waals surface area (Å²) in [5, 5.41) is 7.14. The molecule has 1 heterocycles. The fraction of sp³-hybridized carbons (Fsp3) is 0.533. The van der Waals surface area contributed by atoms with Gasteiger partial charge in [0.05, 0.1) is 5.92 Å². The molecule has 3 nitrogen and oxygen atoms in total. The molecular weight excluding hydrogens is 295 g/mol. The molecule has 0 spiro atoms. The van der Waals surface area contributed by atoms with E-state index in [-0.39, 0.29) is 30.3 Å². The summed E-state index contributed by atoms with van der Waals surface area (Å²) >= 11 is 5.97. The van der Waals surface area contributed by atoms with Crippen molar-refractivity contribution in [2.24, 2.45) is 5.92 Å². The highest BCUT2D eigenvalue weighted by atomic mass is 35.5. The number of carbonyl (C=O) groups excluding carboxylic acids is 1. The van der Waals surface area contributed by atoms with Crippen molar-refractivity contribution in [3.05, 3.63) is 34.9 Å². The number of nitrogens with one attached hydrogen (secondary N) is 2. The number of amides is 1. The number of hydrogen-bond acceptors (Lipinski definition) is 2. The first-order valence-electron chi connectivity index (χ1n) is 6.84. The highest BCUT2D eigenvalue weighted by Gasteiger charge is 2.25. The summed E-state index contributed by atoms with van der Waals surface area (Å²) in [4.78, 5) is 12.3. The first-order chi connectivity index (χ1) is 9.08. The van der Waals surface area contributed by atoms with Crippen LogP contribution in [0.4, 0.5) is 0 Å². The second-order valence-corrected chi connectivity index (χ2v) is 5.80. The minimum Gasteiger partial charge on any atom is -0.351 e. The van der Waals surface area contributed by atoms with Gasteiger partial charge in [-0.3, -0.25) is 4.79 Å². The van der Waals surface area contributed by atoms with Crippen LogP contribution in [0.3, 0.4) is 0 Å². The molecule has 0 aromatic heterocycles. The van der Waals surface area contributed by atoms with Crippen LogP contribution in [0.2, 0.25) is 5.02 Å². The maximum absolute atomic E-state index is 12.3. The van der Waals surface area contributed by atoms with Crippen molar-refractivity contribution in [3.63, 3.8) is 0 Å². The summed E-state index contributed by atoms with van der Waals surface area (Å²) in [5.74, 6) is 0.424. The molecule has 20 heavy (non-hydrogen) atoms. The molecular formula is C15H22Cl2N2O. The Morgan fingerprint density at radius 1 is 1.50 bits per heavy atom. The van der Waals surface area contributed by atoms with Gasteiger partial charge in [-0.05, 0) is 43.5 Å². The zero-order chi connectivity index (χ0) is 13.8. The molecule has 1 aliphatic rings. The van der Waals surface area contributed by atoms with Crippen LogP contribution in [0.25, 0.3) is 0 Å². The van der Waals surface area contributed by atoms with Gasteiger partial charge in [0, 0.05) is 17.6 Å². The van der Waals surface area contributed by atoms with Crippen molar-refractivity contribution in [2.75, 3.05) is 13.1 Å². The number of piperidine rings is 1.